The maximum Gasteiger partial charge on any atom is 0.147 e. The van der Waals surface area contributed by atoms with E-state index in [-0.39, 0.29) is 0 Å². The van der Waals surface area contributed by atoms with Gasteiger partial charge in [0.25, 0.3) is 0 Å². The number of rotatable bonds is 2. The fourth-order valence-electron chi connectivity index (χ4n) is 0.626. The molecule has 0 aliphatic heterocycles. The molecule has 0 aromatic carbocycles. The van der Waals surface area contributed by atoms with Gasteiger partial charge in [0.15, 0.2) is 0 Å². The van der Waals surface area contributed by atoms with Crippen LogP contribution in [-0.4, -0.2) is 9.97 Å². The molecule has 1 aromatic heterocycles. The number of halogens is 1. The van der Waals surface area contributed by atoms with Crippen LogP contribution in [0.5, 0.6) is 0 Å². The van der Waals surface area contributed by atoms with E-state index in [2.05, 4.69) is 16.5 Å². The number of hydrogen-bond acceptors (Lipinski definition) is 2. The average Bonchev–Trinajstić information content (AvgIpc) is 1.88. The van der Waals surface area contributed by atoms with E-state index in [1.807, 2.05) is 0 Å². The quantitative estimate of drug-likeness (QED) is 0.608. The van der Waals surface area contributed by atoms with Gasteiger partial charge in [-0.3, -0.25) is 4.98 Å². The van der Waals surface area contributed by atoms with Crippen molar-refractivity contribution in [1.29, 1.82) is 0 Å². The lowest BCUT2D eigenvalue weighted by Gasteiger charge is -1.92. The number of allylic oxidation sites excluding steroid dienone is 1. The highest BCUT2D eigenvalue weighted by Gasteiger charge is 1.91. The normalized spacial score (nSPS) is 9.30. The van der Waals surface area contributed by atoms with Crippen molar-refractivity contribution in [3.8, 4) is 0 Å². The van der Waals surface area contributed by atoms with Crippen molar-refractivity contribution in [1.82, 2.24) is 9.97 Å². The molecule has 52 valence electrons. The molecule has 10 heavy (non-hydrogen) atoms. The highest BCUT2D eigenvalue weighted by Crippen LogP contribution is 2.02. The maximum atomic E-state index is 5.57. The zero-order chi connectivity index (χ0) is 7.40. The molecule has 0 radical (unpaired) electrons. The summed E-state index contributed by atoms with van der Waals surface area (Å²) in [7, 11) is 0. The van der Waals surface area contributed by atoms with Crippen molar-refractivity contribution >= 4 is 11.6 Å². The SMILES string of the molecule is C=CCc1cncc(Cl)n1. The molecule has 1 rings (SSSR count). The Hall–Kier alpha value is -0.890. The van der Waals surface area contributed by atoms with E-state index in [4.69, 9.17) is 11.6 Å². The molecule has 0 spiro atoms. The van der Waals surface area contributed by atoms with Gasteiger partial charge in [0.2, 0.25) is 0 Å². The van der Waals surface area contributed by atoms with Gasteiger partial charge in [0.05, 0.1) is 11.9 Å². The summed E-state index contributed by atoms with van der Waals surface area (Å²) in [6.07, 6.45) is 5.66. The Morgan fingerprint density at radius 1 is 1.60 bits per heavy atom. The standard InChI is InChI=1S/C7H7ClN2/c1-2-3-6-4-9-5-7(8)10-6/h2,4-5H,1,3H2. The molecule has 1 aromatic rings. The second-order valence-electron chi connectivity index (χ2n) is 1.83. The van der Waals surface area contributed by atoms with Crippen LogP contribution < -0.4 is 0 Å². The predicted octanol–water partition coefficient (Wildman–Crippen LogP) is 1.86. The Morgan fingerprint density at radius 3 is 3.00 bits per heavy atom. The van der Waals surface area contributed by atoms with Gasteiger partial charge in [0.1, 0.15) is 5.15 Å². The van der Waals surface area contributed by atoms with Gasteiger partial charge in [-0.15, -0.1) is 6.58 Å². The summed E-state index contributed by atoms with van der Waals surface area (Å²) in [6, 6.07) is 0. The Kier molecular flexibility index (Phi) is 2.40. The topological polar surface area (TPSA) is 25.8 Å². The molecule has 0 aliphatic rings. The van der Waals surface area contributed by atoms with Crippen molar-refractivity contribution in [3.63, 3.8) is 0 Å². The van der Waals surface area contributed by atoms with Crippen molar-refractivity contribution in [2.24, 2.45) is 0 Å². The Morgan fingerprint density at radius 2 is 2.40 bits per heavy atom. The fourth-order valence-corrected chi connectivity index (χ4v) is 0.791. The molecule has 1 heterocycles. The fraction of sp³-hybridized carbons (Fsp3) is 0.143. The van der Waals surface area contributed by atoms with Crippen LogP contribution in [0.3, 0.4) is 0 Å². The first-order valence-corrected chi connectivity index (χ1v) is 3.28. The minimum atomic E-state index is 0.430. The molecule has 3 heteroatoms. The zero-order valence-corrected chi connectivity index (χ0v) is 6.17. The number of hydrogen-bond donors (Lipinski definition) is 0. The zero-order valence-electron chi connectivity index (χ0n) is 5.42. The summed E-state index contributed by atoms with van der Waals surface area (Å²) in [4.78, 5) is 7.86. The highest BCUT2D eigenvalue weighted by molar-refractivity contribution is 6.29. The van der Waals surface area contributed by atoms with Crippen LogP contribution in [-0.2, 0) is 6.42 Å². The van der Waals surface area contributed by atoms with E-state index < -0.39 is 0 Å². The Balaban J connectivity index is 2.84. The van der Waals surface area contributed by atoms with Gasteiger partial charge in [-0.25, -0.2) is 4.98 Å². The van der Waals surface area contributed by atoms with E-state index in [0.717, 1.165) is 5.69 Å². The molecule has 0 fully saturated rings. The van der Waals surface area contributed by atoms with Crippen molar-refractivity contribution < 1.29 is 0 Å². The monoisotopic (exact) mass is 154 g/mol. The summed E-state index contributed by atoms with van der Waals surface area (Å²) in [5, 5.41) is 0.430. The second-order valence-corrected chi connectivity index (χ2v) is 2.21. The van der Waals surface area contributed by atoms with E-state index in [9.17, 15) is 0 Å². The first-order valence-electron chi connectivity index (χ1n) is 2.90. The van der Waals surface area contributed by atoms with Crippen LogP contribution >= 0.6 is 11.6 Å². The third-order valence-electron chi connectivity index (χ3n) is 1.01. The maximum absolute atomic E-state index is 5.57. The van der Waals surface area contributed by atoms with E-state index in [1.165, 1.54) is 6.20 Å². The van der Waals surface area contributed by atoms with E-state index >= 15 is 0 Å². The predicted molar refractivity (Wildman–Crippen MR) is 40.9 cm³/mol. The first kappa shape index (κ1) is 7.22. The van der Waals surface area contributed by atoms with Crippen LogP contribution in [0.15, 0.2) is 25.0 Å². The highest BCUT2D eigenvalue weighted by atomic mass is 35.5. The molecule has 0 saturated heterocycles. The van der Waals surface area contributed by atoms with Crippen LogP contribution in [0.1, 0.15) is 5.69 Å². The summed E-state index contributed by atoms with van der Waals surface area (Å²) in [5.74, 6) is 0. The van der Waals surface area contributed by atoms with Gasteiger partial charge in [0, 0.05) is 12.6 Å². The summed E-state index contributed by atoms with van der Waals surface area (Å²) in [5.41, 5.74) is 0.850. The molecule has 0 aliphatic carbocycles. The van der Waals surface area contributed by atoms with Gasteiger partial charge < -0.3 is 0 Å². The summed E-state index contributed by atoms with van der Waals surface area (Å²) >= 11 is 5.57. The van der Waals surface area contributed by atoms with Crippen LogP contribution in [0.2, 0.25) is 5.15 Å². The van der Waals surface area contributed by atoms with Gasteiger partial charge >= 0.3 is 0 Å². The lowest BCUT2D eigenvalue weighted by molar-refractivity contribution is 1.06. The second kappa shape index (κ2) is 3.32. The van der Waals surface area contributed by atoms with Crippen LogP contribution in [0, 0.1) is 0 Å². The molecular weight excluding hydrogens is 148 g/mol. The molecule has 0 saturated carbocycles. The third kappa shape index (κ3) is 1.81. The Labute approximate surface area is 64.6 Å². The van der Waals surface area contributed by atoms with Crippen LogP contribution in [0.4, 0.5) is 0 Å². The van der Waals surface area contributed by atoms with Crippen molar-refractivity contribution in [2.45, 2.75) is 6.42 Å². The molecule has 0 N–H and O–H groups in total. The average molecular weight is 155 g/mol. The lowest BCUT2D eigenvalue weighted by Crippen LogP contribution is -1.88. The molecule has 2 nitrogen and oxygen atoms in total. The molecular formula is C7H7ClN2. The minimum Gasteiger partial charge on any atom is -0.260 e. The number of nitrogens with zero attached hydrogens (tertiary/aromatic N) is 2. The van der Waals surface area contributed by atoms with E-state index in [0.29, 0.717) is 11.6 Å². The Bertz CT molecular complexity index is 235. The largest absolute Gasteiger partial charge is 0.260 e. The molecule has 0 bridgehead atoms. The first-order chi connectivity index (χ1) is 4.83. The van der Waals surface area contributed by atoms with Gasteiger partial charge in [-0.1, -0.05) is 17.7 Å². The number of aromatic nitrogens is 2. The summed E-state index contributed by atoms with van der Waals surface area (Å²) < 4.78 is 0. The third-order valence-corrected chi connectivity index (χ3v) is 1.19. The summed E-state index contributed by atoms with van der Waals surface area (Å²) in [6.45, 7) is 3.57. The van der Waals surface area contributed by atoms with Crippen LogP contribution in [0.25, 0.3) is 0 Å². The lowest BCUT2D eigenvalue weighted by atomic mass is 10.3. The molecule has 0 amide bonds. The van der Waals surface area contributed by atoms with Gasteiger partial charge in [-0.05, 0) is 0 Å². The van der Waals surface area contributed by atoms with Crippen molar-refractivity contribution in [3.05, 3.63) is 35.9 Å². The molecule has 0 unspecified atom stereocenters. The smallest absolute Gasteiger partial charge is 0.147 e. The van der Waals surface area contributed by atoms with E-state index in [1.54, 1.807) is 12.3 Å². The van der Waals surface area contributed by atoms with Crippen molar-refractivity contribution in [2.75, 3.05) is 0 Å². The molecule has 0 atom stereocenters. The van der Waals surface area contributed by atoms with Gasteiger partial charge in [-0.2, -0.15) is 0 Å². The minimum absolute atomic E-state index is 0.430.